The van der Waals surface area contributed by atoms with Crippen LogP contribution in [0.15, 0.2) is 36.5 Å². The van der Waals surface area contributed by atoms with Crippen molar-refractivity contribution in [1.29, 1.82) is 0 Å². The molecular weight excluding hydrogens is 404 g/mol. The first-order chi connectivity index (χ1) is 15.6. The van der Waals surface area contributed by atoms with Crippen molar-refractivity contribution in [1.82, 2.24) is 15.2 Å². The van der Waals surface area contributed by atoms with Gasteiger partial charge in [0.05, 0.1) is 20.3 Å². The summed E-state index contributed by atoms with van der Waals surface area (Å²) in [5, 5.41) is 3.07. The van der Waals surface area contributed by atoms with Gasteiger partial charge < -0.3 is 24.6 Å². The fourth-order valence-electron chi connectivity index (χ4n) is 4.64. The molecule has 1 N–H and O–H groups in total. The van der Waals surface area contributed by atoms with Crippen LogP contribution in [0.5, 0.6) is 11.5 Å². The Morgan fingerprint density at radius 1 is 1.06 bits per heavy atom. The van der Waals surface area contributed by atoms with Crippen LogP contribution in [0.2, 0.25) is 0 Å². The zero-order valence-electron chi connectivity index (χ0n) is 19.3. The zero-order chi connectivity index (χ0) is 22.5. The summed E-state index contributed by atoms with van der Waals surface area (Å²) in [6.45, 7) is 5.66. The third-order valence-electron chi connectivity index (χ3n) is 6.67. The molecule has 0 bridgehead atoms. The van der Waals surface area contributed by atoms with Crippen molar-refractivity contribution in [2.24, 2.45) is 5.92 Å². The molecule has 3 heterocycles. The van der Waals surface area contributed by atoms with Crippen molar-refractivity contribution >= 4 is 11.8 Å². The number of piperidine rings is 1. The molecule has 0 saturated carbocycles. The third kappa shape index (κ3) is 4.92. The second kappa shape index (κ2) is 10.1. The van der Waals surface area contributed by atoms with Gasteiger partial charge in [-0.3, -0.25) is 0 Å². The highest BCUT2D eigenvalue weighted by Crippen LogP contribution is 2.36. The number of likely N-dealkylation sites (tertiary alicyclic amines) is 1. The number of pyridine rings is 1. The Labute approximate surface area is 190 Å². The van der Waals surface area contributed by atoms with Crippen molar-refractivity contribution in [3.05, 3.63) is 47.7 Å². The van der Waals surface area contributed by atoms with Gasteiger partial charge in [-0.05, 0) is 60.9 Å². The summed E-state index contributed by atoms with van der Waals surface area (Å²) >= 11 is 0. The lowest BCUT2D eigenvalue weighted by atomic mass is 9.99. The molecule has 0 aliphatic carbocycles. The molecule has 32 heavy (non-hydrogen) atoms. The Hall–Kier alpha value is -2.96. The van der Waals surface area contributed by atoms with Crippen LogP contribution in [0, 0.1) is 5.92 Å². The minimum absolute atomic E-state index is 0.0387. The van der Waals surface area contributed by atoms with Crippen LogP contribution >= 0.6 is 0 Å². The first-order valence-electron chi connectivity index (χ1n) is 11.6. The summed E-state index contributed by atoms with van der Waals surface area (Å²) in [4.78, 5) is 21.9. The summed E-state index contributed by atoms with van der Waals surface area (Å²) in [5.74, 6) is 3.21. The fourth-order valence-corrected chi connectivity index (χ4v) is 4.64. The number of hydrogen-bond acceptors (Lipinski definition) is 5. The van der Waals surface area contributed by atoms with Crippen LogP contribution < -0.4 is 19.7 Å². The molecule has 2 amide bonds. The average Bonchev–Trinajstić information content (AvgIpc) is 3.33. The molecule has 2 saturated heterocycles. The molecule has 1 unspecified atom stereocenters. The van der Waals surface area contributed by atoms with Crippen molar-refractivity contribution in [2.45, 2.75) is 45.2 Å². The van der Waals surface area contributed by atoms with Gasteiger partial charge >= 0.3 is 6.03 Å². The monoisotopic (exact) mass is 438 g/mol. The van der Waals surface area contributed by atoms with Crippen LogP contribution in [-0.2, 0) is 6.54 Å². The van der Waals surface area contributed by atoms with Gasteiger partial charge in [0.15, 0.2) is 11.5 Å². The summed E-state index contributed by atoms with van der Waals surface area (Å²) in [7, 11) is 3.26. The number of aromatic nitrogens is 1. The van der Waals surface area contributed by atoms with E-state index in [4.69, 9.17) is 9.47 Å². The zero-order valence-corrected chi connectivity index (χ0v) is 19.3. The maximum absolute atomic E-state index is 13.0. The van der Waals surface area contributed by atoms with E-state index < -0.39 is 0 Å². The maximum Gasteiger partial charge on any atom is 0.318 e. The Morgan fingerprint density at radius 2 is 1.84 bits per heavy atom. The molecule has 0 spiro atoms. The van der Waals surface area contributed by atoms with Gasteiger partial charge in [-0.2, -0.15) is 0 Å². The second-order valence-electron chi connectivity index (χ2n) is 8.82. The number of carbonyl (C=O) groups excluding carboxylic acids is 1. The Morgan fingerprint density at radius 3 is 2.53 bits per heavy atom. The van der Waals surface area contributed by atoms with Crippen LogP contribution in [0.4, 0.5) is 10.6 Å². The number of benzene rings is 1. The predicted octanol–water partition coefficient (Wildman–Crippen LogP) is 4.38. The van der Waals surface area contributed by atoms with E-state index in [2.05, 4.69) is 34.3 Å². The lowest BCUT2D eigenvalue weighted by Gasteiger charge is -2.31. The lowest BCUT2D eigenvalue weighted by molar-refractivity contribution is 0.192. The number of ether oxygens (including phenoxy) is 2. The molecule has 2 aromatic rings. The summed E-state index contributed by atoms with van der Waals surface area (Å²) in [5.41, 5.74) is 2.08. The topological polar surface area (TPSA) is 66.9 Å². The Balaban J connectivity index is 1.35. The predicted molar refractivity (Wildman–Crippen MR) is 125 cm³/mol. The average molecular weight is 439 g/mol. The molecule has 1 aromatic heterocycles. The quantitative estimate of drug-likeness (QED) is 0.725. The smallest absolute Gasteiger partial charge is 0.318 e. The Kier molecular flexibility index (Phi) is 7.02. The molecule has 1 aromatic carbocycles. The molecule has 4 rings (SSSR count). The van der Waals surface area contributed by atoms with Crippen molar-refractivity contribution in [3.8, 4) is 11.5 Å². The second-order valence-corrected chi connectivity index (χ2v) is 8.82. The summed E-state index contributed by atoms with van der Waals surface area (Å²) in [6, 6.07) is 10.0. The van der Waals surface area contributed by atoms with Gasteiger partial charge in [0.2, 0.25) is 0 Å². The Bertz CT molecular complexity index is 910. The highest BCUT2D eigenvalue weighted by Gasteiger charge is 2.30. The number of carbonyl (C=O) groups is 1. The molecule has 0 radical (unpaired) electrons. The minimum atomic E-state index is -0.0450. The number of amides is 2. The number of hydrogen-bond donors (Lipinski definition) is 1. The first-order valence-corrected chi connectivity index (χ1v) is 11.6. The molecule has 2 aliphatic heterocycles. The van der Waals surface area contributed by atoms with Crippen molar-refractivity contribution in [2.75, 3.05) is 38.8 Å². The van der Waals surface area contributed by atoms with Crippen molar-refractivity contribution < 1.29 is 14.3 Å². The molecule has 1 atom stereocenters. The molecule has 2 aliphatic rings. The maximum atomic E-state index is 13.0. The summed E-state index contributed by atoms with van der Waals surface area (Å²) in [6.07, 6.45) is 6.24. The summed E-state index contributed by atoms with van der Waals surface area (Å²) < 4.78 is 10.8. The van der Waals surface area contributed by atoms with E-state index in [1.54, 1.807) is 14.2 Å². The molecule has 2 fully saturated rings. The number of rotatable bonds is 6. The lowest BCUT2D eigenvalue weighted by Crippen LogP contribution is -2.39. The highest BCUT2D eigenvalue weighted by atomic mass is 16.5. The van der Waals surface area contributed by atoms with E-state index in [1.165, 1.54) is 12.8 Å². The van der Waals surface area contributed by atoms with Gasteiger partial charge in [-0.25, -0.2) is 9.78 Å². The molecule has 7 nitrogen and oxygen atoms in total. The van der Waals surface area contributed by atoms with Crippen LogP contribution in [0.1, 0.15) is 49.8 Å². The van der Waals surface area contributed by atoms with Gasteiger partial charge in [0.1, 0.15) is 5.82 Å². The molecular formula is C25H34N4O3. The largest absolute Gasteiger partial charge is 0.493 e. The van der Waals surface area contributed by atoms with Gasteiger partial charge in [-0.15, -0.1) is 0 Å². The van der Waals surface area contributed by atoms with Crippen molar-refractivity contribution in [3.63, 3.8) is 0 Å². The first kappa shape index (κ1) is 22.2. The van der Waals surface area contributed by atoms with E-state index >= 15 is 0 Å². The highest BCUT2D eigenvalue weighted by molar-refractivity contribution is 5.75. The minimum Gasteiger partial charge on any atom is -0.493 e. The SMILES string of the molecule is COc1ccc(C2CCCN2C(=O)NCc2ccc(N3CCC(C)CC3)nc2)cc1OC. The number of nitrogens with zero attached hydrogens (tertiary/aromatic N) is 3. The van der Waals surface area contributed by atoms with Gasteiger partial charge in [0, 0.05) is 32.4 Å². The van der Waals surface area contributed by atoms with Gasteiger partial charge in [0.25, 0.3) is 0 Å². The fraction of sp³-hybridized carbons (Fsp3) is 0.520. The number of urea groups is 1. The van der Waals surface area contributed by atoms with E-state index in [0.717, 1.165) is 55.3 Å². The van der Waals surface area contributed by atoms with E-state index in [-0.39, 0.29) is 12.1 Å². The van der Waals surface area contributed by atoms with E-state index in [0.29, 0.717) is 18.0 Å². The number of anilines is 1. The van der Waals surface area contributed by atoms with E-state index in [1.807, 2.05) is 29.3 Å². The van der Waals surface area contributed by atoms with Crippen LogP contribution in [-0.4, -0.2) is 49.8 Å². The van der Waals surface area contributed by atoms with Crippen LogP contribution in [0.3, 0.4) is 0 Å². The van der Waals surface area contributed by atoms with Crippen LogP contribution in [0.25, 0.3) is 0 Å². The molecule has 172 valence electrons. The number of methoxy groups -OCH3 is 2. The molecule has 7 heteroatoms. The third-order valence-corrected chi connectivity index (χ3v) is 6.67. The standard InChI is InChI=1S/C25H34N4O3/c1-18-10-13-28(14-11-18)24-9-6-19(16-26-24)17-27-25(30)29-12-4-5-21(29)20-7-8-22(31-2)23(15-20)32-3/h6-9,15-16,18,21H,4-5,10-14,17H2,1-3H3,(H,27,30). The van der Waals surface area contributed by atoms with E-state index in [9.17, 15) is 4.79 Å². The van der Waals surface area contributed by atoms with Gasteiger partial charge in [-0.1, -0.05) is 19.1 Å². The number of nitrogens with one attached hydrogen (secondary N) is 1. The normalized spacial score (nSPS) is 19.2.